The zero-order chi connectivity index (χ0) is 13.1. The summed E-state index contributed by atoms with van der Waals surface area (Å²) < 4.78 is 15.2. The highest BCUT2D eigenvalue weighted by Crippen LogP contribution is 2.18. The summed E-state index contributed by atoms with van der Waals surface area (Å²) in [6.07, 6.45) is 3.90. The number of piperidine rings is 1. The number of aliphatic hydroxyl groups is 1. The minimum Gasteiger partial charge on any atom is -0.396 e. The lowest BCUT2D eigenvalue weighted by Crippen LogP contribution is -2.48. The normalized spacial score (nSPS) is 28.1. The van der Waals surface area contributed by atoms with Crippen LogP contribution in [0.3, 0.4) is 0 Å². The lowest BCUT2D eigenvalue weighted by Gasteiger charge is -2.26. The van der Waals surface area contributed by atoms with Crippen LogP contribution in [-0.4, -0.2) is 46.1 Å². The zero-order valence-electron chi connectivity index (χ0n) is 10.4. The molecular weight excluding hydrogens is 235 g/mol. The van der Waals surface area contributed by atoms with Gasteiger partial charge in [0.05, 0.1) is 13.1 Å². The monoisotopic (exact) mass is 255 g/mol. The Balaban J connectivity index is 2.20. The Kier molecular flexibility index (Phi) is 3.96. The van der Waals surface area contributed by atoms with Gasteiger partial charge in [0.25, 0.3) is 0 Å². The van der Waals surface area contributed by atoms with Crippen LogP contribution in [0.15, 0.2) is 12.0 Å². The molecule has 5 nitrogen and oxygen atoms in total. The van der Waals surface area contributed by atoms with Gasteiger partial charge >= 0.3 is 5.96 Å². The first kappa shape index (κ1) is 13.0. The molecule has 2 aliphatic heterocycles. The summed E-state index contributed by atoms with van der Waals surface area (Å²) in [5.41, 5.74) is 6.03. The first-order valence-corrected chi connectivity index (χ1v) is 6.33. The number of hydrogen-bond donors (Lipinski definition) is 3. The molecule has 0 radical (unpaired) electrons. The van der Waals surface area contributed by atoms with Crippen LogP contribution in [0.2, 0.25) is 0 Å². The van der Waals surface area contributed by atoms with Crippen molar-refractivity contribution in [3.8, 4) is 0 Å². The number of nitrogens with zero attached hydrogens (tertiary/aromatic N) is 2. The average Bonchev–Trinajstić information content (AvgIpc) is 2.41. The molecule has 2 heterocycles. The molecule has 0 saturated carbocycles. The molecule has 1 atom stereocenters. The second-order valence-electron chi connectivity index (χ2n) is 4.89. The van der Waals surface area contributed by atoms with Crippen LogP contribution < -0.4 is 5.73 Å². The molecule has 0 aromatic carbocycles. The molecule has 6 heteroatoms. The van der Waals surface area contributed by atoms with Gasteiger partial charge in [0, 0.05) is 25.4 Å². The predicted octanol–water partition coefficient (Wildman–Crippen LogP) is 0.600. The number of halogens is 1. The topological polar surface area (TPSA) is 76.3 Å². The number of allylic oxidation sites excluding steroid dienone is 1. The Hall–Kier alpha value is -1.43. The summed E-state index contributed by atoms with van der Waals surface area (Å²) in [6, 6.07) is 0. The standard InChI is InChI=1S/C12H19FN4O/c13-10-3-4-11(14)17(7-10)12(15)16-5-1-2-9(6-16)8-18/h7,9,14-15,18H,1-6,8H2/p+1. The van der Waals surface area contributed by atoms with E-state index in [0.29, 0.717) is 24.8 Å². The smallest absolute Gasteiger partial charge is 0.356 e. The van der Waals surface area contributed by atoms with Crippen LogP contribution in [0.4, 0.5) is 4.39 Å². The van der Waals surface area contributed by atoms with E-state index in [1.54, 1.807) is 0 Å². The van der Waals surface area contributed by atoms with E-state index in [1.165, 1.54) is 11.1 Å². The van der Waals surface area contributed by atoms with Crippen LogP contribution >= 0.6 is 0 Å². The molecule has 18 heavy (non-hydrogen) atoms. The van der Waals surface area contributed by atoms with Crippen LogP contribution in [0.5, 0.6) is 0 Å². The minimum atomic E-state index is -0.246. The van der Waals surface area contributed by atoms with Gasteiger partial charge in [0.15, 0.2) is 5.84 Å². The first-order valence-electron chi connectivity index (χ1n) is 6.33. The van der Waals surface area contributed by atoms with Gasteiger partial charge in [-0.15, -0.1) is 0 Å². The molecule has 2 aliphatic rings. The Bertz CT molecular complexity index is 405. The van der Waals surface area contributed by atoms with Crippen molar-refractivity contribution in [2.45, 2.75) is 25.7 Å². The number of nitrogens with two attached hydrogens (primary N) is 1. The Morgan fingerprint density at radius 2 is 2.39 bits per heavy atom. The lowest BCUT2D eigenvalue weighted by atomic mass is 10.0. The van der Waals surface area contributed by atoms with Crippen LogP contribution in [0.25, 0.3) is 0 Å². The molecule has 0 amide bonds. The molecule has 0 spiro atoms. The average molecular weight is 255 g/mol. The van der Waals surface area contributed by atoms with Gasteiger partial charge in [-0.2, -0.15) is 4.90 Å². The van der Waals surface area contributed by atoms with E-state index in [0.717, 1.165) is 19.4 Å². The summed E-state index contributed by atoms with van der Waals surface area (Å²) in [5.74, 6) is 0.683. The highest BCUT2D eigenvalue weighted by molar-refractivity contribution is 5.97. The SMILES string of the molecule is N=C1CCC(F)=CN1C(N)=[N+]1CCCC(CO)C1. The van der Waals surface area contributed by atoms with Crippen molar-refractivity contribution in [2.75, 3.05) is 19.7 Å². The molecule has 1 unspecified atom stereocenters. The quantitative estimate of drug-likeness (QED) is 0.474. The van der Waals surface area contributed by atoms with E-state index in [1.807, 2.05) is 4.58 Å². The first-order chi connectivity index (χ1) is 8.61. The second-order valence-corrected chi connectivity index (χ2v) is 4.89. The van der Waals surface area contributed by atoms with E-state index >= 15 is 0 Å². The number of rotatable bonds is 1. The van der Waals surface area contributed by atoms with E-state index in [-0.39, 0.29) is 24.8 Å². The zero-order valence-corrected chi connectivity index (χ0v) is 10.4. The summed E-state index contributed by atoms with van der Waals surface area (Å²) in [4.78, 5) is 1.42. The van der Waals surface area contributed by atoms with Gasteiger partial charge in [-0.25, -0.2) is 4.39 Å². The van der Waals surface area contributed by atoms with Crippen molar-refractivity contribution in [3.05, 3.63) is 12.0 Å². The van der Waals surface area contributed by atoms with Gasteiger partial charge in [-0.1, -0.05) is 0 Å². The summed E-state index contributed by atoms with van der Waals surface area (Å²) >= 11 is 0. The van der Waals surface area contributed by atoms with E-state index in [2.05, 4.69) is 0 Å². The summed E-state index contributed by atoms with van der Waals surface area (Å²) in [5, 5.41) is 17.0. The van der Waals surface area contributed by atoms with Gasteiger partial charge in [-0.3, -0.25) is 15.7 Å². The third-order valence-electron chi connectivity index (χ3n) is 3.51. The maximum absolute atomic E-state index is 13.3. The molecule has 2 rings (SSSR count). The fourth-order valence-corrected chi connectivity index (χ4v) is 2.42. The minimum absolute atomic E-state index is 0.144. The fraction of sp³-hybridized carbons (Fsp3) is 0.667. The van der Waals surface area contributed by atoms with Gasteiger partial charge in [-0.05, 0) is 12.8 Å². The molecular formula is C12H20FN4O+. The number of aliphatic hydroxyl groups excluding tert-OH is 1. The maximum Gasteiger partial charge on any atom is 0.356 e. The molecule has 0 aromatic rings. The highest BCUT2D eigenvalue weighted by atomic mass is 19.1. The molecule has 1 fully saturated rings. The lowest BCUT2D eigenvalue weighted by molar-refractivity contribution is -0.550. The van der Waals surface area contributed by atoms with Gasteiger partial charge < -0.3 is 5.11 Å². The predicted molar refractivity (Wildman–Crippen MR) is 67.0 cm³/mol. The third kappa shape index (κ3) is 2.69. The number of hydrogen-bond acceptors (Lipinski definition) is 2. The van der Waals surface area contributed by atoms with Crippen LogP contribution in [0.1, 0.15) is 25.7 Å². The number of nitrogens with one attached hydrogen (secondary N) is 1. The van der Waals surface area contributed by atoms with Crippen LogP contribution in [-0.2, 0) is 0 Å². The van der Waals surface area contributed by atoms with E-state index in [9.17, 15) is 9.50 Å². The summed E-state index contributed by atoms with van der Waals surface area (Å²) in [7, 11) is 0. The Morgan fingerprint density at radius 3 is 3.11 bits per heavy atom. The Morgan fingerprint density at radius 1 is 1.61 bits per heavy atom. The largest absolute Gasteiger partial charge is 0.396 e. The molecule has 1 saturated heterocycles. The van der Waals surface area contributed by atoms with Crippen molar-refractivity contribution in [1.82, 2.24) is 4.90 Å². The second kappa shape index (κ2) is 5.48. The fourth-order valence-electron chi connectivity index (χ4n) is 2.42. The van der Waals surface area contributed by atoms with E-state index < -0.39 is 0 Å². The molecule has 4 N–H and O–H groups in total. The highest BCUT2D eigenvalue weighted by Gasteiger charge is 2.28. The Labute approximate surface area is 106 Å². The number of guanidine groups is 1. The molecule has 0 aliphatic carbocycles. The third-order valence-corrected chi connectivity index (χ3v) is 3.51. The maximum atomic E-state index is 13.3. The van der Waals surface area contributed by atoms with E-state index in [4.69, 9.17) is 11.1 Å². The van der Waals surface area contributed by atoms with Crippen molar-refractivity contribution >= 4 is 11.8 Å². The van der Waals surface area contributed by atoms with Gasteiger partial charge in [0.2, 0.25) is 0 Å². The molecule has 100 valence electrons. The molecule has 0 bridgehead atoms. The van der Waals surface area contributed by atoms with Crippen molar-refractivity contribution < 1.29 is 14.1 Å². The molecule has 0 aromatic heterocycles. The van der Waals surface area contributed by atoms with Gasteiger partial charge in [0.1, 0.15) is 12.0 Å². The van der Waals surface area contributed by atoms with Crippen molar-refractivity contribution in [3.63, 3.8) is 0 Å². The van der Waals surface area contributed by atoms with Crippen LogP contribution in [0, 0.1) is 11.3 Å². The van der Waals surface area contributed by atoms with Crippen molar-refractivity contribution in [1.29, 1.82) is 5.41 Å². The van der Waals surface area contributed by atoms with Crippen molar-refractivity contribution in [2.24, 2.45) is 11.7 Å². The number of amidine groups is 1. The summed E-state index contributed by atoms with van der Waals surface area (Å²) in [6.45, 7) is 1.61.